The van der Waals surface area contributed by atoms with Crippen LogP contribution in [-0.4, -0.2) is 33.2 Å². The van der Waals surface area contributed by atoms with Crippen molar-refractivity contribution in [2.45, 2.75) is 25.8 Å². The molecule has 1 amide bonds. The molecule has 1 rings (SSSR count). The van der Waals surface area contributed by atoms with E-state index in [1.54, 1.807) is 0 Å². The molecule has 0 aromatic rings. The van der Waals surface area contributed by atoms with Gasteiger partial charge in [-0.25, -0.2) is 8.42 Å². The highest BCUT2D eigenvalue weighted by Crippen LogP contribution is 2.14. The number of amides is 1. The summed E-state index contributed by atoms with van der Waals surface area (Å²) in [5.74, 6) is 0.0191. The third kappa shape index (κ3) is 3.63. The molecule has 2 atom stereocenters. The Morgan fingerprint density at radius 3 is 2.64 bits per heavy atom. The van der Waals surface area contributed by atoms with Crippen molar-refractivity contribution in [2.75, 3.05) is 12.8 Å². The van der Waals surface area contributed by atoms with Gasteiger partial charge in [0.25, 0.3) is 5.91 Å². The van der Waals surface area contributed by atoms with Gasteiger partial charge in [0.15, 0.2) is 0 Å². The van der Waals surface area contributed by atoms with Crippen LogP contribution in [0.15, 0.2) is 0 Å². The van der Waals surface area contributed by atoms with Crippen molar-refractivity contribution in [3.8, 4) is 0 Å². The van der Waals surface area contributed by atoms with E-state index in [1.807, 2.05) is 4.72 Å². The zero-order valence-electron chi connectivity index (χ0n) is 8.41. The number of carbonyl (C=O) groups is 1. The number of rotatable bonds is 2. The Morgan fingerprint density at radius 2 is 2.14 bits per heavy atom. The lowest BCUT2D eigenvalue weighted by Gasteiger charge is -2.26. The van der Waals surface area contributed by atoms with Crippen molar-refractivity contribution >= 4 is 15.9 Å². The molecule has 0 saturated carbocycles. The van der Waals surface area contributed by atoms with E-state index in [-0.39, 0.29) is 6.04 Å². The molecule has 2 unspecified atom stereocenters. The van der Waals surface area contributed by atoms with E-state index in [9.17, 15) is 13.2 Å². The van der Waals surface area contributed by atoms with E-state index in [0.29, 0.717) is 12.3 Å². The maximum absolute atomic E-state index is 11.4. The van der Waals surface area contributed by atoms with Crippen LogP contribution in [-0.2, 0) is 14.8 Å². The minimum absolute atomic E-state index is 0.367. The van der Waals surface area contributed by atoms with Crippen molar-refractivity contribution in [1.82, 2.24) is 10.0 Å². The zero-order valence-corrected chi connectivity index (χ0v) is 9.23. The monoisotopic (exact) mass is 220 g/mol. The molecule has 0 bridgehead atoms. The molecule has 2 N–H and O–H groups in total. The Balaban J connectivity index is 2.52. The van der Waals surface area contributed by atoms with Crippen LogP contribution in [0.5, 0.6) is 0 Å². The largest absolute Gasteiger partial charge is 0.306 e. The predicted molar refractivity (Wildman–Crippen MR) is 53.2 cm³/mol. The van der Waals surface area contributed by atoms with Gasteiger partial charge in [-0.3, -0.25) is 9.52 Å². The number of carbonyl (C=O) groups excluding carboxylic acids is 1. The lowest BCUT2D eigenvalue weighted by atomic mass is 9.94. The molecule has 14 heavy (non-hydrogen) atoms. The van der Waals surface area contributed by atoms with Crippen LogP contribution in [0.1, 0.15) is 19.8 Å². The standard InChI is InChI=1S/C8H16N2O3S/c1-6-3-4-9-7(5-6)8(11)10-14(2,12)13/h6-7,9H,3-5H2,1-2H3,(H,10,11). The molecule has 6 heteroatoms. The van der Waals surface area contributed by atoms with Crippen LogP contribution >= 0.6 is 0 Å². The second-order valence-electron chi connectivity index (χ2n) is 3.87. The van der Waals surface area contributed by atoms with E-state index >= 15 is 0 Å². The van der Waals surface area contributed by atoms with Crippen LogP contribution < -0.4 is 10.0 Å². The molecule has 5 nitrogen and oxygen atoms in total. The lowest BCUT2D eigenvalue weighted by Crippen LogP contribution is -2.49. The zero-order chi connectivity index (χ0) is 10.8. The fourth-order valence-corrected chi connectivity index (χ4v) is 2.07. The molecule has 0 aliphatic carbocycles. The molecule has 0 spiro atoms. The minimum Gasteiger partial charge on any atom is -0.306 e. The molecular weight excluding hydrogens is 204 g/mol. The Hall–Kier alpha value is -0.620. The number of hydrogen-bond acceptors (Lipinski definition) is 4. The molecule has 1 aliphatic rings. The third-order valence-electron chi connectivity index (χ3n) is 2.27. The second kappa shape index (κ2) is 4.27. The highest BCUT2D eigenvalue weighted by Gasteiger charge is 2.25. The Morgan fingerprint density at radius 1 is 1.50 bits per heavy atom. The van der Waals surface area contributed by atoms with Crippen LogP contribution in [0.3, 0.4) is 0 Å². The minimum atomic E-state index is -3.43. The van der Waals surface area contributed by atoms with E-state index in [0.717, 1.165) is 19.2 Å². The number of sulfonamides is 1. The smallest absolute Gasteiger partial charge is 0.250 e. The molecule has 0 aromatic heterocycles. The average Bonchev–Trinajstić information content (AvgIpc) is 2.01. The molecule has 0 aromatic carbocycles. The first-order chi connectivity index (χ1) is 6.38. The summed E-state index contributed by atoms with van der Waals surface area (Å²) in [6, 6.07) is -0.367. The average molecular weight is 220 g/mol. The number of nitrogens with one attached hydrogen (secondary N) is 2. The quantitative estimate of drug-likeness (QED) is 0.655. The summed E-state index contributed by atoms with van der Waals surface area (Å²) in [4.78, 5) is 11.4. The van der Waals surface area contributed by atoms with E-state index in [4.69, 9.17) is 0 Å². The number of piperidine rings is 1. The second-order valence-corrected chi connectivity index (χ2v) is 5.62. The summed E-state index contributed by atoms with van der Waals surface area (Å²) in [5, 5.41) is 3.00. The number of hydrogen-bond donors (Lipinski definition) is 2. The molecule has 82 valence electrons. The summed E-state index contributed by atoms with van der Waals surface area (Å²) in [6.45, 7) is 2.82. The fraction of sp³-hybridized carbons (Fsp3) is 0.875. The van der Waals surface area contributed by atoms with Crippen LogP contribution in [0.2, 0.25) is 0 Å². The molecule has 0 radical (unpaired) electrons. The Bertz CT molecular complexity index is 313. The van der Waals surface area contributed by atoms with Gasteiger partial charge >= 0.3 is 0 Å². The first kappa shape index (κ1) is 11.5. The van der Waals surface area contributed by atoms with E-state index < -0.39 is 15.9 Å². The topological polar surface area (TPSA) is 75.3 Å². The molecule has 1 aliphatic heterocycles. The Kier molecular flexibility index (Phi) is 3.49. The third-order valence-corrected chi connectivity index (χ3v) is 2.84. The summed E-state index contributed by atoms with van der Waals surface area (Å²) >= 11 is 0. The van der Waals surface area contributed by atoms with Crippen LogP contribution in [0.25, 0.3) is 0 Å². The molecular formula is C8H16N2O3S. The summed E-state index contributed by atoms with van der Waals surface area (Å²) in [7, 11) is -3.43. The SMILES string of the molecule is CC1CCNC(C(=O)NS(C)(=O)=O)C1. The van der Waals surface area contributed by atoms with Crippen LogP contribution in [0.4, 0.5) is 0 Å². The van der Waals surface area contributed by atoms with Crippen molar-refractivity contribution in [3.63, 3.8) is 0 Å². The normalized spacial score (nSPS) is 28.4. The molecule has 1 saturated heterocycles. The van der Waals surface area contributed by atoms with Gasteiger partial charge in [0.2, 0.25) is 10.0 Å². The van der Waals surface area contributed by atoms with E-state index in [2.05, 4.69) is 12.2 Å². The van der Waals surface area contributed by atoms with E-state index in [1.165, 1.54) is 0 Å². The van der Waals surface area contributed by atoms with Gasteiger partial charge < -0.3 is 5.32 Å². The Labute approximate surface area is 84.3 Å². The van der Waals surface area contributed by atoms with Gasteiger partial charge in [0.05, 0.1) is 12.3 Å². The van der Waals surface area contributed by atoms with Crippen molar-refractivity contribution in [1.29, 1.82) is 0 Å². The van der Waals surface area contributed by atoms with Gasteiger partial charge in [0, 0.05) is 0 Å². The maximum Gasteiger partial charge on any atom is 0.250 e. The maximum atomic E-state index is 11.4. The predicted octanol–water partition coefficient (Wildman–Crippen LogP) is -0.550. The summed E-state index contributed by atoms with van der Waals surface area (Å²) < 4.78 is 23.6. The van der Waals surface area contributed by atoms with Gasteiger partial charge in [-0.05, 0) is 25.3 Å². The highest BCUT2D eigenvalue weighted by atomic mass is 32.2. The summed E-state index contributed by atoms with van der Waals surface area (Å²) in [6.07, 6.45) is 2.71. The van der Waals surface area contributed by atoms with Crippen LogP contribution in [0, 0.1) is 5.92 Å². The van der Waals surface area contributed by atoms with Gasteiger partial charge in [-0.1, -0.05) is 6.92 Å². The fourth-order valence-electron chi connectivity index (χ4n) is 1.56. The first-order valence-electron chi connectivity index (χ1n) is 4.63. The van der Waals surface area contributed by atoms with Crippen molar-refractivity contribution in [2.24, 2.45) is 5.92 Å². The summed E-state index contributed by atoms with van der Waals surface area (Å²) in [5.41, 5.74) is 0. The van der Waals surface area contributed by atoms with Crippen molar-refractivity contribution < 1.29 is 13.2 Å². The van der Waals surface area contributed by atoms with Gasteiger partial charge in [-0.2, -0.15) is 0 Å². The highest BCUT2D eigenvalue weighted by molar-refractivity contribution is 7.89. The lowest BCUT2D eigenvalue weighted by molar-refractivity contribution is -0.122. The first-order valence-corrected chi connectivity index (χ1v) is 6.52. The molecule has 1 fully saturated rings. The van der Waals surface area contributed by atoms with Gasteiger partial charge in [-0.15, -0.1) is 0 Å². The van der Waals surface area contributed by atoms with Crippen molar-refractivity contribution in [3.05, 3.63) is 0 Å². The molecule has 1 heterocycles. The van der Waals surface area contributed by atoms with Gasteiger partial charge in [0.1, 0.15) is 0 Å².